The van der Waals surface area contributed by atoms with Crippen molar-refractivity contribution in [3.8, 4) is 0 Å². The molecule has 0 bridgehead atoms. The molecule has 1 aromatic heterocycles. The molecule has 0 aliphatic carbocycles. The van der Waals surface area contributed by atoms with Crippen LogP contribution in [0.4, 0.5) is 4.39 Å². The Morgan fingerprint density at radius 2 is 1.82 bits per heavy atom. The Balaban J connectivity index is 2.39. The van der Waals surface area contributed by atoms with Crippen molar-refractivity contribution in [2.45, 2.75) is 4.83 Å². The summed E-state index contributed by atoms with van der Waals surface area (Å²) in [4.78, 5) is 0.910. The maximum absolute atomic E-state index is 13.8. The Kier molecular flexibility index (Phi) is 4.86. The molecule has 0 radical (unpaired) electrons. The molecule has 1 atom stereocenters. The van der Waals surface area contributed by atoms with E-state index in [0.29, 0.717) is 5.56 Å². The van der Waals surface area contributed by atoms with Gasteiger partial charge in [0.2, 0.25) is 0 Å². The van der Waals surface area contributed by atoms with Crippen LogP contribution >= 0.6 is 75.1 Å². The lowest BCUT2D eigenvalue weighted by Crippen LogP contribution is -1.94. The van der Waals surface area contributed by atoms with Crippen molar-refractivity contribution in [3.63, 3.8) is 0 Å². The number of hydrogen-bond donors (Lipinski definition) is 0. The zero-order valence-corrected chi connectivity index (χ0v) is 15.3. The minimum Gasteiger partial charge on any atom is -0.207 e. The van der Waals surface area contributed by atoms with Gasteiger partial charge in [0, 0.05) is 19.4 Å². The Morgan fingerprint density at radius 3 is 2.35 bits per heavy atom. The topological polar surface area (TPSA) is 0 Å². The van der Waals surface area contributed by atoms with Gasteiger partial charge >= 0.3 is 0 Å². The molecular formula is C11H5Br4FS. The summed E-state index contributed by atoms with van der Waals surface area (Å²) in [5.74, 6) is -0.220. The predicted octanol–water partition coefficient (Wildman–Crippen LogP) is 6.66. The molecule has 17 heavy (non-hydrogen) atoms. The molecule has 0 saturated heterocycles. The second-order valence-electron chi connectivity index (χ2n) is 3.30. The highest BCUT2D eigenvalue weighted by molar-refractivity contribution is 9.13. The van der Waals surface area contributed by atoms with Crippen LogP contribution in [0.25, 0.3) is 0 Å². The molecule has 0 saturated carbocycles. The third-order valence-electron chi connectivity index (χ3n) is 2.15. The average molecular weight is 508 g/mol. The maximum atomic E-state index is 13.8. The first-order valence-electron chi connectivity index (χ1n) is 4.53. The van der Waals surface area contributed by atoms with E-state index in [9.17, 15) is 4.39 Å². The molecule has 0 nitrogen and oxygen atoms in total. The summed E-state index contributed by atoms with van der Waals surface area (Å²) in [6.07, 6.45) is 0. The van der Waals surface area contributed by atoms with Gasteiger partial charge in [0.1, 0.15) is 5.82 Å². The zero-order chi connectivity index (χ0) is 12.6. The first-order valence-corrected chi connectivity index (χ1v) is 8.64. The first kappa shape index (κ1) is 14.2. The number of benzene rings is 1. The number of halogens is 5. The molecule has 1 unspecified atom stereocenters. The number of thiophene rings is 1. The summed E-state index contributed by atoms with van der Waals surface area (Å²) >= 11 is 15.2. The first-order chi connectivity index (χ1) is 7.99. The van der Waals surface area contributed by atoms with E-state index in [2.05, 4.69) is 63.7 Å². The average Bonchev–Trinajstić information content (AvgIpc) is 2.58. The molecule has 0 aliphatic rings. The minimum atomic E-state index is -0.220. The van der Waals surface area contributed by atoms with Crippen molar-refractivity contribution in [1.29, 1.82) is 0 Å². The number of alkyl halides is 1. The van der Waals surface area contributed by atoms with Crippen LogP contribution in [-0.4, -0.2) is 0 Å². The van der Waals surface area contributed by atoms with E-state index in [0.717, 1.165) is 17.6 Å². The summed E-state index contributed by atoms with van der Waals surface area (Å²) in [5, 5.41) is 0. The summed E-state index contributed by atoms with van der Waals surface area (Å²) < 4.78 is 16.6. The van der Waals surface area contributed by atoms with Crippen LogP contribution < -0.4 is 0 Å². The predicted molar refractivity (Wildman–Crippen MR) is 84.6 cm³/mol. The normalized spacial score (nSPS) is 12.8. The van der Waals surface area contributed by atoms with Crippen molar-refractivity contribution >= 4 is 75.1 Å². The van der Waals surface area contributed by atoms with Crippen LogP contribution in [0, 0.1) is 5.82 Å². The van der Waals surface area contributed by atoms with Crippen LogP contribution in [0.3, 0.4) is 0 Å². The Hall–Kier alpha value is 0.770. The summed E-state index contributed by atoms with van der Waals surface area (Å²) in [6.45, 7) is 0. The van der Waals surface area contributed by atoms with Crippen LogP contribution in [-0.2, 0) is 0 Å². The monoisotopic (exact) mass is 504 g/mol. The van der Waals surface area contributed by atoms with E-state index in [1.807, 2.05) is 12.1 Å². The van der Waals surface area contributed by atoms with Crippen molar-refractivity contribution in [2.24, 2.45) is 0 Å². The van der Waals surface area contributed by atoms with E-state index < -0.39 is 0 Å². The highest BCUT2D eigenvalue weighted by atomic mass is 79.9. The second kappa shape index (κ2) is 5.82. The van der Waals surface area contributed by atoms with Crippen molar-refractivity contribution in [2.75, 3.05) is 0 Å². The van der Waals surface area contributed by atoms with Crippen LogP contribution in [0.5, 0.6) is 0 Å². The molecule has 90 valence electrons. The lowest BCUT2D eigenvalue weighted by Gasteiger charge is -2.09. The van der Waals surface area contributed by atoms with Gasteiger partial charge in [0.15, 0.2) is 0 Å². The van der Waals surface area contributed by atoms with Crippen molar-refractivity contribution in [3.05, 3.63) is 53.3 Å². The SMILES string of the molecule is Fc1cc(Br)ccc1C(Br)c1cc(Br)c(Br)s1. The lowest BCUT2D eigenvalue weighted by atomic mass is 10.1. The fraction of sp³-hybridized carbons (Fsp3) is 0.0909. The summed E-state index contributed by atoms with van der Waals surface area (Å²) in [7, 11) is 0. The fourth-order valence-corrected chi connectivity index (χ4v) is 4.55. The maximum Gasteiger partial charge on any atom is 0.129 e. The molecule has 1 aromatic carbocycles. The zero-order valence-electron chi connectivity index (χ0n) is 8.18. The highest BCUT2D eigenvalue weighted by Gasteiger charge is 2.18. The van der Waals surface area contributed by atoms with Crippen LogP contribution in [0.2, 0.25) is 0 Å². The van der Waals surface area contributed by atoms with Crippen LogP contribution in [0.1, 0.15) is 15.3 Å². The van der Waals surface area contributed by atoms with Gasteiger partial charge in [-0.15, -0.1) is 11.3 Å². The largest absolute Gasteiger partial charge is 0.207 e. The smallest absolute Gasteiger partial charge is 0.129 e. The molecular weight excluding hydrogens is 503 g/mol. The Bertz CT molecular complexity index is 533. The number of rotatable bonds is 2. The van der Waals surface area contributed by atoms with Gasteiger partial charge < -0.3 is 0 Å². The fourth-order valence-electron chi connectivity index (χ4n) is 1.35. The van der Waals surface area contributed by atoms with Crippen LogP contribution in [0.15, 0.2) is 37.0 Å². The third kappa shape index (κ3) is 3.21. The molecule has 2 aromatic rings. The highest BCUT2D eigenvalue weighted by Crippen LogP contribution is 2.42. The van der Waals surface area contributed by atoms with E-state index in [-0.39, 0.29) is 10.6 Å². The number of hydrogen-bond acceptors (Lipinski definition) is 1. The van der Waals surface area contributed by atoms with Gasteiger partial charge in [-0.1, -0.05) is 37.9 Å². The molecule has 0 fully saturated rings. The third-order valence-corrected chi connectivity index (χ3v) is 7.25. The van der Waals surface area contributed by atoms with Gasteiger partial charge in [-0.3, -0.25) is 0 Å². The van der Waals surface area contributed by atoms with E-state index in [4.69, 9.17) is 0 Å². The molecule has 2 rings (SSSR count). The molecule has 0 N–H and O–H groups in total. The van der Waals surface area contributed by atoms with E-state index in [1.54, 1.807) is 17.4 Å². The van der Waals surface area contributed by atoms with Crippen molar-refractivity contribution < 1.29 is 4.39 Å². The molecule has 0 spiro atoms. The van der Waals surface area contributed by atoms with Gasteiger partial charge in [-0.2, -0.15) is 0 Å². The Labute approximate surface area is 136 Å². The molecule has 6 heteroatoms. The standard InChI is InChI=1S/C11H5Br4FS/c12-5-1-2-6(8(16)3-5)10(14)9-4-7(13)11(15)17-9/h1-4,10H. The lowest BCUT2D eigenvalue weighted by molar-refractivity contribution is 0.613. The summed E-state index contributed by atoms with van der Waals surface area (Å²) in [6, 6.07) is 7.07. The van der Waals surface area contributed by atoms with Crippen molar-refractivity contribution in [1.82, 2.24) is 0 Å². The molecule has 0 aliphatic heterocycles. The minimum absolute atomic E-state index is 0.136. The summed E-state index contributed by atoms with van der Waals surface area (Å²) in [5.41, 5.74) is 0.634. The quantitative estimate of drug-likeness (QED) is 0.399. The van der Waals surface area contributed by atoms with Gasteiger partial charge in [0.25, 0.3) is 0 Å². The van der Waals surface area contributed by atoms with Gasteiger partial charge in [-0.05, 0) is 50.1 Å². The van der Waals surface area contributed by atoms with E-state index in [1.165, 1.54) is 6.07 Å². The molecule has 0 amide bonds. The molecule has 1 heterocycles. The van der Waals surface area contributed by atoms with Gasteiger partial charge in [-0.25, -0.2) is 4.39 Å². The van der Waals surface area contributed by atoms with E-state index >= 15 is 0 Å². The Morgan fingerprint density at radius 1 is 1.12 bits per heavy atom. The van der Waals surface area contributed by atoms with Gasteiger partial charge in [0.05, 0.1) is 8.61 Å². The second-order valence-corrected chi connectivity index (χ2v) is 8.39.